The molecular formula is C24H30F3N3O3S. The SMILES string of the molecule is CS.O=C(NCC1CCNCC1)c1ccc2c(c1)OCCN2Cc1ccccc1OC(F)(F)F. The second-order valence-corrected chi connectivity index (χ2v) is 8.01. The van der Waals surface area contributed by atoms with Crippen molar-refractivity contribution >= 4 is 24.2 Å². The van der Waals surface area contributed by atoms with E-state index >= 15 is 0 Å². The number of nitrogens with zero attached hydrogens (tertiary/aromatic N) is 1. The highest BCUT2D eigenvalue weighted by Crippen LogP contribution is 2.35. The van der Waals surface area contributed by atoms with Crippen LogP contribution in [0.1, 0.15) is 28.8 Å². The van der Waals surface area contributed by atoms with Crippen LogP contribution < -0.4 is 25.0 Å². The number of benzene rings is 2. The Labute approximate surface area is 203 Å². The van der Waals surface area contributed by atoms with Crippen LogP contribution in [0, 0.1) is 5.92 Å². The van der Waals surface area contributed by atoms with Gasteiger partial charge in [-0.25, -0.2) is 0 Å². The van der Waals surface area contributed by atoms with Gasteiger partial charge in [0.05, 0.1) is 12.2 Å². The number of alkyl halides is 3. The van der Waals surface area contributed by atoms with E-state index in [0.717, 1.165) is 31.6 Å². The highest BCUT2D eigenvalue weighted by molar-refractivity contribution is 7.79. The molecule has 2 aliphatic rings. The van der Waals surface area contributed by atoms with Crippen LogP contribution in [0.15, 0.2) is 42.5 Å². The van der Waals surface area contributed by atoms with Crippen LogP contribution in [0.2, 0.25) is 0 Å². The molecule has 2 aromatic rings. The predicted molar refractivity (Wildman–Crippen MR) is 129 cm³/mol. The second-order valence-electron chi connectivity index (χ2n) is 8.01. The first kappa shape index (κ1) is 26.0. The van der Waals surface area contributed by atoms with Gasteiger partial charge >= 0.3 is 6.36 Å². The average Bonchev–Trinajstić information content (AvgIpc) is 2.84. The zero-order valence-corrected chi connectivity index (χ0v) is 19.9. The molecule has 0 aliphatic carbocycles. The number of nitrogens with one attached hydrogen (secondary N) is 2. The van der Waals surface area contributed by atoms with E-state index in [9.17, 15) is 18.0 Å². The van der Waals surface area contributed by atoms with Gasteiger partial charge in [0.15, 0.2) is 0 Å². The summed E-state index contributed by atoms with van der Waals surface area (Å²) in [6.45, 7) is 3.69. The standard InChI is InChI=1S/C23H26F3N3O3.CH4S/c24-23(25,26)32-20-4-2-1-3-18(20)15-29-11-12-31-21-13-17(5-6-19(21)29)22(30)28-14-16-7-9-27-10-8-16;1-2/h1-6,13,16,27H,7-12,14-15H2,(H,28,30);2H,1H3. The predicted octanol–water partition coefficient (Wildman–Crippen LogP) is 4.26. The molecule has 186 valence electrons. The third-order valence-electron chi connectivity index (χ3n) is 5.75. The maximum atomic E-state index is 12.7. The van der Waals surface area contributed by atoms with Crippen molar-refractivity contribution in [2.24, 2.45) is 5.92 Å². The molecule has 34 heavy (non-hydrogen) atoms. The summed E-state index contributed by atoms with van der Waals surface area (Å²) in [4.78, 5) is 14.5. The lowest BCUT2D eigenvalue weighted by molar-refractivity contribution is -0.274. The van der Waals surface area contributed by atoms with E-state index in [-0.39, 0.29) is 18.2 Å². The minimum absolute atomic E-state index is 0.157. The first-order chi connectivity index (χ1) is 16.4. The van der Waals surface area contributed by atoms with Crippen molar-refractivity contribution in [3.05, 3.63) is 53.6 Å². The number of piperidine rings is 1. The summed E-state index contributed by atoms with van der Waals surface area (Å²) >= 11 is 3.53. The van der Waals surface area contributed by atoms with Crippen molar-refractivity contribution in [2.45, 2.75) is 25.7 Å². The second kappa shape index (κ2) is 12.2. The van der Waals surface area contributed by atoms with E-state index in [2.05, 4.69) is 28.0 Å². The van der Waals surface area contributed by atoms with E-state index in [4.69, 9.17) is 4.74 Å². The normalized spacial score (nSPS) is 16.0. The van der Waals surface area contributed by atoms with E-state index < -0.39 is 6.36 Å². The molecule has 2 aliphatic heterocycles. The van der Waals surface area contributed by atoms with E-state index in [1.165, 1.54) is 12.1 Å². The van der Waals surface area contributed by atoms with Gasteiger partial charge in [-0.1, -0.05) is 18.2 Å². The molecule has 0 spiro atoms. The van der Waals surface area contributed by atoms with Gasteiger partial charge in [-0.15, -0.1) is 13.2 Å². The topological polar surface area (TPSA) is 62.8 Å². The molecule has 1 fully saturated rings. The van der Waals surface area contributed by atoms with Crippen molar-refractivity contribution < 1.29 is 27.4 Å². The highest BCUT2D eigenvalue weighted by Gasteiger charge is 2.32. The molecule has 0 unspecified atom stereocenters. The maximum Gasteiger partial charge on any atom is 0.573 e. The molecule has 4 rings (SSSR count). The number of carbonyl (C=O) groups excluding carboxylic acids is 1. The molecule has 0 radical (unpaired) electrons. The molecule has 0 saturated carbocycles. The molecule has 2 heterocycles. The minimum Gasteiger partial charge on any atom is -0.490 e. The molecule has 2 aromatic carbocycles. The minimum atomic E-state index is -4.75. The van der Waals surface area contributed by atoms with E-state index in [1.807, 2.05) is 4.90 Å². The Balaban J connectivity index is 0.00000158. The number of hydrogen-bond donors (Lipinski definition) is 3. The quantitative estimate of drug-likeness (QED) is 0.521. The number of anilines is 1. The lowest BCUT2D eigenvalue weighted by atomic mass is 9.98. The fourth-order valence-corrected chi connectivity index (χ4v) is 4.07. The maximum absolute atomic E-state index is 12.7. The van der Waals surface area contributed by atoms with Gasteiger partial charge in [-0.05, 0) is 62.4 Å². The Morgan fingerprint density at radius 1 is 1.21 bits per heavy atom. The average molecular weight is 498 g/mol. The molecular weight excluding hydrogens is 467 g/mol. The van der Waals surface area contributed by atoms with Crippen LogP contribution in [0.25, 0.3) is 0 Å². The number of rotatable bonds is 6. The lowest BCUT2D eigenvalue weighted by Gasteiger charge is -2.32. The third-order valence-corrected chi connectivity index (χ3v) is 5.75. The van der Waals surface area contributed by atoms with Gasteiger partial charge in [-0.2, -0.15) is 12.6 Å². The van der Waals surface area contributed by atoms with Crippen molar-refractivity contribution in [3.8, 4) is 11.5 Å². The number of para-hydroxylation sites is 1. The van der Waals surface area contributed by atoms with Crippen molar-refractivity contribution in [3.63, 3.8) is 0 Å². The van der Waals surface area contributed by atoms with Crippen LogP contribution in [-0.4, -0.2) is 51.3 Å². The number of fused-ring (bicyclic) bond motifs is 1. The summed E-state index contributed by atoms with van der Waals surface area (Å²) in [5.41, 5.74) is 1.65. The Hall–Kier alpha value is -2.59. The monoisotopic (exact) mass is 497 g/mol. The van der Waals surface area contributed by atoms with Gasteiger partial charge in [0.1, 0.15) is 18.1 Å². The van der Waals surface area contributed by atoms with Gasteiger partial charge in [0, 0.05) is 24.2 Å². The number of hydrogen-bond acceptors (Lipinski definition) is 6. The van der Waals surface area contributed by atoms with Crippen molar-refractivity contribution in [1.29, 1.82) is 0 Å². The number of carbonyl (C=O) groups is 1. The molecule has 10 heteroatoms. The first-order valence-corrected chi connectivity index (χ1v) is 12.1. The third kappa shape index (κ3) is 7.20. The summed E-state index contributed by atoms with van der Waals surface area (Å²) in [7, 11) is 0. The molecule has 0 bridgehead atoms. The van der Waals surface area contributed by atoms with Crippen LogP contribution in [-0.2, 0) is 6.54 Å². The fraction of sp³-hybridized carbons (Fsp3) is 0.458. The number of amides is 1. The summed E-state index contributed by atoms with van der Waals surface area (Å²) in [5.74, 6) is 0.640. The Morgan fingerprint density at radius 3 is 2.68 bits per heavy atom. The smallest absolute Gasteiger partial charge is 0.490 e. The largest absolute Gasteiger partial charge is 0.573 e. The van der Waals surface area contributed by atoms with Crippen LogP contribution >= 0.6 is 12.6 Å². The molecule has 2 N–H and O–H groups in total. The van der Waals surface area contributed by atoms with Gasteiger partial charge < -0.3 is 25.0 Å². The summed E-state index contributed by atoms with van der Waals surface area (Å²) in [6, 6.07) is 11.3. The van der Waals surface area contributed by atoms with Crippen LogP contribution in [0.4, 0.5) is 18.9 Å². The molecule has 1 saturated heterocycles. The lowest BCUT2D eigenvalue weighted by Crippen LogP contribution is -2.36. The Morgan fingerprint density at radius 2 is 1.94 bits per heavy atom. The van der Waals surface area contributed by atoms with E-state index in [0.29, 0.717) is 42.5 Å². The van der Waals surface area contributed by atoms with Crippen molar-refractivity contribution in [2.75, 3.05) is 43.9 Å². The molecule has 1 amide bonds. The summed E-state index contributed by atoms with van der Waals surface area (Å²) in [5, 5.41) is 6.30. The fourth-order valence-electron chi connectivity index (χ4n) is 4.07. The summed E-state index contributed by atoms with van der Waals surface area (Å²) in [6.07, 6.45) is -0.973. The number of halogens is 3. The highest BCUT2D eigenvalue weighted by atomic mass is 32.1. The number of thiol groups is 1. The zero-order valence-electron chi connectivity index (χ0n) is 19.0. The van der Waals surface area contributed by atoms with Gasteiger partial charge in [-0.3, -0.25) is 4.79 Å². The Kier molecular flexibility index (Phi) is 9.35. The van der Waals surface area contributed by atoms with Gasteiger partial charge in [0.2, 0.25) is 0 Å². The Bertz CT molecular complexity index is 953. The number of ether oxygens (including phenoxy) is 2. The van der Waals surface area contributed by atoms with Crippen LogP contribution in [0.5, 0.6) is 11.5 Å². The van der Waals surface area contributed by atoms with Crippen molar-refractivity contribution in [1.82, 2.24) is 10.6 Å². The van der Waals surface area contributed by atoms with Gasteiger partial charge in [0.25, 0.3) is 5.91 Å². The molecule has 0 atom stereocenters. The molecule has 6 nitrogen and oxygen atoms in total. The molecule has 0 aromatic heterocycles. The first-order valence-electron chi connectivity index (χ1n) is 11.2. The van der Waals surface area contributed by atoms with Crippen LogP contribution in [0.3, 0.4) is 0 Å². The summed E-state index contributed by atoms with van der Waals surface area (Å²) < 4.78 is 48.2. The zero-order chi connectivity index (χ0) is 24.6. The van der Waals surface area contributed by atoms with E-state index in [1.54, 1.807) is 36.6 Å².